The van der Waals surface area contributed by atoms with Crippen molar-refractivity contribution in [3.8, 4) is 0 Å². The van der Waals surface area contributed by atoms with Gasteiger partial charge in [-0.2, -0.15) is 0 Å². The highest BCUT2D eigenvalue weighted by Crippen LogP contribution is 2.44. The Bertz CT molecular complexity index is 1200. The van der Waals surface area contributed by atoms with Crippen LogP contribution in [0.3, 0.4) is 0 Å². The van der Waals surface area contributed by atoms with Gasteiger partial charge in [-0.05, 0) is 73.4 Å². The van der Waals surface area contributed by atoms with E-state index < -0.39 is 95.5 Å². The van der Waals surface area contributed by atoms with E-state index in [1.807, 2.05) is 62.6 Å². The van der Waals surface area contributed by atoms with Crippen LogP contribution < -0.4 is 0 Å². The minimum absolute atomic E-state index is 0.00538. The smallest absolute Gasteiger partial charge is 0.311 e. The second kappa shape index (κ2) is 18.3. The molecule has 0 bridgehead atoms. The Balaban J connectivity index is 2.21. The summed E-state index contributed by atoms with van der Waals surface area (Å²) in [6, 6.07) is 0.00538. The Kier molecular flexibility index (Phi) is 16.0. The van der Waals surface area contributed by atoms with Gasteiger partial charge in [0.15, 0.2) is 12.6 Å². The number of ketones is 1. The molecule has 3 aliphatic rings. The number of aliphatic hydroxyl groups excluding tert-OH is 1. The molecule has 2 N–H and O–H groups in total. The molecule has 3 saturated heterocycles. The van der Waals surface area contributed by atoms with Crippen LogP contribution in [0.2, 0.25) is 0 Å². The Labute approximate surface area is 319 Å². The lowest BCUT2D eigenvalue weighted by atomic mass is 9.69. The molecule has 3 rings (SSSR count). The Hall–Kier alpha value is -1.26. The van der Waals surface area contributed by atoms with E-state index in [1.165, 1.54) is 6.92 Å². The number of aliphatic hydroxyl groups is 2. The predicted octanol–water partition coefficient (Wildman–Crippen LogP) is 4.37. The second-order valence-electron chi connectivity index (χ2n) is 17.5. The summed E-state index contributed by atoms with van der Waals surface area (Å²) >= 11 is 0. The van der Waals surface area contributed by atoms with Gasteiger partial charge in [-0.3, -0.25) is 9.59 Å². The van der Waals surface area contributed by atoms with Gasteiger partial charge in [0.25, 0.3) is 0 Å². The van der Waals surface area contributed by atoms with Crippen molar-refractivity contribution in [2.45, 2.75) is 181 Å². The second-order valence-corrected chi connectivity index (χ2v) is 17.5. The molecule has 0 aromatic carbocycles. The zero-order valence-corrected chi connectivity index (χ0v) is 35.4. The number of carbonyl (C=O) groups excluding carboxylic acids is 2. The number of hydrogen-bond acceptors (Lipinski definition) is 13. The highest BCUT2D eigenvalue weighted by Gasteiger charge is 2.53. The van der Waals surface area contributed by atoms with Gasteiger partial charge < -0.3 is 53.0 Å². The van der Waals surface area contributed by atoms with E-state index in [2.05, 4.69) is 4.90 Å². The highest BCUT2D eigenvalue weighted by atomic mass is 16.7. The van der Waals surface area contributed by atoms with Crippen molar-refractivity contribution in [3.05, 3.63) is 0 Å². The van der Waals surface area contributed by atoms with Gasteiger partial charge in [-0.1, -0.05) is 41.5 Å². The van der Waals surface area contributed by atoms with E-state index in [9.17, 15) is 19.8 Å². The van der Waals surface area contributed by atoms with Gasteiger partial charge in [-0.25, -0.2) is 0 Å². The van der Waals surface area contributed by atoms with Crippen LogP contribution in [0.4, 0.5) is 0 Å². The largest absolute Gasteiger partial charge is 0.459 e. The summed E-state index contributed by atoms with van der Waals surface area (Å²) in [6.45, 7) is 20.3. The molecule has 17 atom stereocenters. The van der Waals surface area contributed by atoms with Crippen molar-refractivity contribution in [2.24, 2.45) is 29.1 Å². The molecule has 0 saturated carbocycles. The summed E-state index contributed by atoms with van der Waals surface area (Å²) in [7, 11) is 8.92. The molecule has 0 aromatic rings. The molecule has 0 aliphatic carbocycles. The number of rotatable bonds is 9. The maximum atomic E-state index is 14.3. The summed E-state index contributed by atoms with van der Waals surface area (Å²) in [6.07, 6.45) is -5.37. The quantitative estimate of drug-likeness (QED) is 0.321. The van der Waals surface area contributed by atoms with Crippen LogP contribution in [0.5, 0.6) is 0 Å². The normalized spacial score (nSPS) is 46.5. The monoisotopic (exact) mass is 760 g/mol. The Morgan fingerprint density at radius 3 is 2.00 bits per heavy atom. The van der Waals surface area contributed by atoms with Gasteiger partial charge in [0.05, 0.1) is 42.0 Å². The van der Waals surface area contributed by atoms with Crippen molar-refractivity contribution >= 4 is 11.8 Å². The third kappa shape index (κ3) is 10.0. The zero-order valence-electron chi connectivity index (χ0n) is 35.4. The number of likely N-dealkylation sites (N-methyl/N-ethyl adjacent to an activating group) is 1. The number of ether oxygens (including phenoxy) is 8. The van der Waals surface area contributed by atoms with Crippen LogP contribution in [-0.2, 0) is 47.5 Å². The minimum Gasteiger partial charge on any atom is -0.459 e. The van der Waals surface area contributed by atoms with Gasteiger partial charge in [0.1, 0.15) is 29.7 Å². The first-order valence-electron chi connectivity index (χ1n) is 19.5. The van der Waals surface area contributed by atoms with Crippen molar-refractivity contribution in [3.63, 3.8) is 0 Å². The molecular weight excluding hydrogens is 686 g/mol. The fourth-order valence-electron chi connectivity index (χ4n) is 9.44. The Morgan fingerprint density at radius 1 is 0.849 bits per heavy atom. The third-order valence-electron chi connectivity index (χ3n) is 12.6. The number of Topliss-reactive ketones (excluding diaryl/α,β-unsaturated/α-hetero) is 1. The number of hydrogen-bond donors (Lipinski definition) is 2. The molecule has 0 aromatic heterocycles. The molecule has 3 heterocycles. The van der Waals surface area contributed by atoms with Crippen LogP contribution >= 0.6 is 0 Å². The topological polar surface area (TPSA) is 152 Å². The zero-order chi connectivity index (χ0) is 40.4. The van der Waals surface area contributed by atoms with Crippen molar-refractivity contribution in [2.75, 3.05) is 35.4 Å². The van der Waals surface area contributed by atoms with Crippen molar-refractivity contribution in [1.82, 2.24) is 4.90 Å². The lowest BCUT2D eigenvalue weighted by Crippen LogP contribution is -2.60. The molecule has 310 valence electrons. The fourth-order valence-corrected chi connectivity index (χ4v) is 9.44. The summed E-state index contributed by atoms with van der Waals surface area (Å²) in [5.41, 5.74) is -3.38. The summed E-state index contributed by atoms with van der Waals surface area (Å²) < 4.78 is 50.8. The first-order chi connectivity index (χ1) is 24.5. The average Bonchev–Trinajstić information content (AvgIpc) is 3.08. The van der Waals surface area contributed by atoms with Crippen LogP contribution in [0.25, 0.3) is 0 Å². The van der Waals surface area contributed by atoms with Crippen molar-refractivity contribution in [1.29, 1.82) is 0 Å². The first-order valence-corrected chi connectivity index (χ1v) is 19.5. The lowest BCUT2D eigenvalue weighted by Gasteiger charge is -2.50. The van der Waals surface area contributed by atoms with E-state index >= 15 is 0 Å². The van der Waals surface area contributed by atoms with Gasteiger partial charge in [-0.15, -0.1) is 0 Å². The molecular formula is C40H73NO12. The van der Waals surface area contributed by atoms with Gasteiger partial charge in [0.2, 0.25) is 0 Å². The van der Waals surface area contributed by atoms with E-state index in [0.29, 0.717) is 12.8 Å². The third-order valence-corrected chi connectivity index (χ3v) is 12.6. The maximum absolute atomic E-state index is 14.3. The number of nitrogens with zero attached hydrogens (tertiary/aromatic N) is 1. The molecule has 13 nitrogen and oxygen atoms in total. The summed E-state index contributed by atoms with van der Waals surface area (Å²) in [5, 5.41) is 23.2. The molecule has 15 unspecified atom stereocenters. The standard InChI is InChI=1S/C40H73NO12/c1-17-28-40(11,45)33(43)23(4)30(42)21(2)19-38(8,9)34(53-37-32(46-14)27(41(12)13)18-22(3)49-37)24(5)31(25(6)36(44)51-28)52-29-20-39(10,48-16)35(47-15)26(7)50-29/h21-29,31-35,37,43,45H,17-20H2,1-16H3/t21?,22-,23?,24?,25?,26?,27?,28-,29?,31?,32?,33?,34?,35?,37?,39?,40?/m1/s1. The van der Waals surface area contributed by atoms with Crippen molar-refractivity contribution < 1.29 is 57.7 Å². The highest BCUT2D eigenvalue weighted by molar-refractivity contribution is 5.83. The molecule has 0 spiro atoms. The molecule has 0 radical (unpaired) electrons. The molecule has 0 amide bonds. The summed E-state index contributed by atoms with van der Waals surface area (Å²) in [5.74, 6) is -3.70. The van der Waals surface area contributed by atoms with Gasteiger partial charge in [0, 0.05) is 51.5 Å². The number of cyclic esters (lactones) is 1. The molecule has 3 fully saturated rings. The average molecular weight is 760 g/mol. The first kappa shape index (κ1) is 46.1. The lowest BCUT2D eigenvalue weighted by molar-refractivity contribution is -0.316. The van der Waals surface area contributed by atoms with E-state index in [1.54, 1.807) is 42.1 Å². The minimum atomic E-state index is -1.91. The van der Waals surface area contributed by atoms with E-state index in [-0.39, 0.29) is 30.5 Å². The fraction of sp³-hybridized carbons (Fsp3) is 0.950. The Morgan fingerprint density at radius 2 is 1.47 bits per heavy atom. The van der Waals surface area contributed by atoms with Crippen LogP contribution in [0, 0.1) is 29.1 Å². The van der Waals surface area contributed by atoms with Crippen LogP contribution in [-0.4, -0.2) is 141 Å². The van der Waals surface area contributed by atoms with E-state index in [4.69, 9.17) is 37.9 Å². The van der Waals surface area contributed by atoms with Crippen LogP contribution in [0.15, 0.2) is 0 Å². The number of methoxy groups -OCH3 is 3. The number of esters is 1. The SMILES string of the molecule is CC[C@H]1OC(=O)C(C)C(OC2CC(C)(OC)C(OC)C(C)O2)C(C)C(OC2O[C@H](C)CC(N(C)C)C2OC)C(C)(C)CC(C)C(=O)C(C)C(O)C1(C)O. The predicted molar refractivity (Wildman–Crippen MR) is 199 cm³/mol. The molecule has 13 heteroatoms. The molecule has 53 heavy (non-hydrogen) atoms. The number of carbonyl (C=O) groups is 2. The van der Waals surface area contributed by atoms with Gasteiger partial charge >= 0.3 is 5.97 Å². The summed E-state index contributed by atoms with van der Waals surface area (Å²) in [4.78, 5) is 30.4. The maximum Gasteiger partial charge on any atom is 0.311 e. The van der Waals surface area contributed by atoms with E-state index in [0.717, 1.165) is 6.42 Å². The molecule has 3 aliphatic heterocycles. The van der Waals surface area contributed by atoms with Crippen LogP contribution in [0.1, 0.15) is 102 Å².